The van der Waals surface area contributed by atoms with Crippen LogP contribution in [0.5, 0.6) is 0 Å². The number of benzene rings is 4. The second-order valence-electron chi connectivity index (χ2n) is 15.5. The third kappa shape index (κ3) is 7.75. The quantitative estimate of drug-likeness (QED) is 0.115. The Hall–Kier alpha value is -4.56. The van der Waals surface area contributed by atoms with Gasteiger partial charge in [-0.15, -0.1) is 11.3 Å². The van der Waals surface area contributed by atoms with Gasteiger partial charge in [-0.25, -0.2) is 4.79 Å². The van der Waals surface area contributed by atoms with Crippen molar-refractivity contribution in [1.82, 2.24) is 4.90 Å². The summed E-state index contributed by atoms with van der Waals surface area (Å²) >= 11 is 1.50. The van der Waals surface area contributed by atoms with Crippen LogP contribution in [0.3, 0.4) is 0 Å². The molecule has 2 amide bonds. The Morgan fingerprint density at radius 3 is 2.47 bits per heavy atom. The Morgan fingerprint density at radius 1 is 0.906 bits per heavy atom. The van der Waals surface area contributed by atoms with Crippen LogP contribution < -0.4 is 5.32 Å². The Labute approximate surface area is 317 Å². The third-order valence-electron chi connectivity index (χ3n) is 11.9. The molecule has 1 saturated carbocycles. The normalized spacial score (nSPS) is 23.2. The number of aliphatic hydroxyl groups is 2. The first-order valence-corrected chi connectivity index (χ1v) is 19.7. The molecular formula is C46H50N2O4S. The lowest BCUT2D eigenvalue weighted by atomic mass is 9.64. The minimum absolute atomic E-state index is 0.0186. The predicted octanol–water partition coefficient (Wildman–Crippen LogP) is 10.2. The number of hydrogen-bond acceptors (Lipinski definition) is 5. The molecule has 3 aliphatic carbocycles. The topological polar surface area (TPSA) is 89.9 Å². The molecule has 8 rings (SSSR count). The Bertz CT molecular complexity index is 2130. The van der Waals surface area contributed by atoms with E-state index < -0.39 is 17.1 Å². The fraction of sp³-hybridized carbons (Fsp3) is 0.348. The number of para-hydroxylation sites is 1. The summed E-state index contributed by atoms with van der Waals surface area (Å²) in [7, 11) is 0. The number of nitrogens with zero attached hydrogens (tertiary/aromatic N) is 1. The lowest BCUT2D eigenvalue weighted by molar-refractivity contribution is -0.0773. The molecule has 4 atom stereocenters. The smallest absolute Gasteiger partial charge is 0.322 e. The Kier molecular flexibility index (Phi) is 10.7. The van der Waals surface area contributed by atoms with Gasteiger partial charge in [-0.1, -0.05) is 91.4 Å². The van der Waals surface area contributed by atoms with E-state index in [1.807, 2.05) is 73.7 Å². The second-order valence-corrected chi connectivity index (χ2v) is 16.8. The van der Waals surface area contributed by atoms with Crippen LogP contribution in [0, 0.1) is 12.3 Å². The Balaban J connectivity index is 1.31. The molecule has 1 heterocycles. The largest absolute Gasteiger partial charge is 0.393 e. The van der Waals surface area contributed by atoms with Crippen molar-refractivity contribution in [3.63, 3.8) is 0 Å². The van der Waals surface area contributed by atoms with Gasteiger partial charge in [-0.2, -0.15) is 0 Å². The summed E-state index contributed by atoms with van der Waals surface area (Å²) in [5.41, 5.74) is 3.50. The van der Waals surface area contributed by atoms with Gasteiger partial charge in [0.15, 0.2) is 0 Å². The zero-order valence-corrected chi connectivity index (χ0v) is 31.8. The first-order chi connectivity index (χ1) is 25.5. The molecule has 3 N–H and O–H groups in total. The number of rotatable bonds is 7. The number of hydrogen-bond donors (Lipinski definition) is 3. The van der Waals surface area contributed by atoms with Crippen molar-refractivity contribution in [3.8, 4) is 0 Å². The Morgan fingerprint density at radius 2 is 1.68 bits per heavy atom. The van der Waals surface area contributed by atoms with Gasteiger partial charge in [-0.3, -0.25) is 4.79 Å². The molecule has 274 valence electrons. The zero-order valence-electron chi connectivity index (χ0n) is 31.0. The summed E-state index contributed by atoms with van der Waals surface area (Å²) in [6.45, 7) is 6.75. The molecule has 2 bridgehead atoms. The highest BCUT2D eigenvalue weighted by Gasteiger charge is 2.57. The number of aryl methyl sites for hydroxylation is 1. The van der Waals surface area contributed by atoms with Crippen LogP contribution in [0.1, 0.15) is 95.1 Å². The van der Waals surface area contributed by atoms with E-state index in [1.54, 1.807) is 4.90 Å². The molecule has 0 aliphatic heterocycles. The summed E-state index contributed by atoms with van der Waals surface area (Å²) < 4.78 is 0. The lowest BCUT2D eigenvalue weighted by Crippen LogP contribution is -2.54. The maximum Gasteiger partial charge on any atom is 0.322 e. The van der Waals surface area contributed by atoms with Crippen LogP contribution >= 0.6 is 11.3 Å². The van der Waals surface area contributed by atoms with Crippen LogP contribution in [-0.4, -0.2) is 45.2 Å². The third-order valence-corrected chi connectivity index (χ3v) is 12.9. The van der Waals surface area contributed by atoms with E-state index in [4.69, 9.17) is 0 Å². The second kappa shape index (κ2) is 15.4. The van der Waals surface area contributed by atoms with Crippen molar-refractivity contribution in [2.24, 2.45) is 5.41 Å². The highest BCUT2D eigenvalue weighted by molar-refractivity contribution is 7.14. The van der Waals surface area contributed by atoms with Crippen LogP contribution in [0.4, 0.5) is 10.5 Å². The highest BCUT2D eigenvalue weighted by Crippen LogP contribution is 2.59. The number of ketones is 1. The van der Waals surface area contributed by atoms with E-state index >= 15 is 0 Å². The fourth-order valence-corrected chi connectivity index (χ4v) is 9.58. The lowest BCUT2D eigenvalue weighted by Gasteiger charge is -2.46. The van der Waals surface area contributed by atoms with E-state index in [-0.39, 0.29) is 24.3 Å². The van der Waals surface area contributed by atoms with Crippen LogP contribution in [-0.2, 0) is 13.0 Å². The van der Waals surface area contributed by atoms with Gasteiger partial charge in [0.1, 0.15) is 0 Å². The minimum atomic E-state index is -1.26. The number of carbonyl (C=O) groups excluding carboxylic acids is 2. The van der Waals surface area contributed by atoms with Gasteiger partial charge in [0, 0.05) is 28.1 Å². The number of thiophene rings is 1. The summed E-state index contributed by atoms with van der Waals surface area (Å²) in [6.07, 6.45) is 6.20. The van der Waals surface area contributed by atoms with E-state index in [9.17, 15) is 19.8 Å². The van der Waals surface area contributed by atoms with Crippen molar-refractivity contribution in [2.45, 2.75) is 89.9 Å². The minimum Gasteiger partial charge on any atom is -0.393 e. The summed E-state index contributed by atoms with van der Waals surface area (Å²) in [4.78, 5) is 32.2. The standard InChI is InChI=1S/C46H50N2O4S/c1-31-11-10-25-45(3)41(39-22-20-33(27-37(49)21-18-31)28-40(39)43(50)42-23-19-32(2)53-42)24-26-46(45,52)30-48(44(51)47-36-15-5-4-6-16-36)29-35-14-9-13-34-12-7-8-17-38(34)35/h4-9,11-17,19-20,22-23,28,37,41,49,52H,10,18,21,24-27,29-30H2,1-3H3,(H,47,51)/t37-,41-,45-,46+/m0/s1. The first kappa shape index (κ1) is 36.8. The molecule has 0 saturated heterocycles. The number of allylic oxidation sites excluding steroid dienone is 2. The monoisotopic (exact) mass is 726 g/mol. The van der Waals surface area contributed by atoms with Crippen molar-refractivity contribution in [1.29, 1.82) is 0 Å². The maximum absolute atomic E-state index is 14.4. The average molecular weight is 727 g/mol. The van der Waals surface area contributed by atoms with Gasteiger partial charge in [0.05, 0.1) is 23.1 Å². The van der Waals surface area contributed by atoms with E-state index in [0.717, 1.165) is 45.2 Å². The van der Waals surface area contributed by atoms with E-state index in [2.05, 4.69) is 61.6 Å². The van der Waals surface area contributed by atoms with Gasteiger partial charge in [0.2, 0.25) is 5.78 Å². The van der Waals surface area contributed by atoms with Gasteiger partial charge in [0.25, 0.3) is 0 Å². The molecule has 5 aromatic rings. The predicted molar refractivity (Wildman–Crippen MR) is 216 cm³/mol. The fourth-order valence-electron chi connectivity index (χ4n) is 8.76. The van der Waals surface area contributed by atoms with Gasteiger partial charge >= 0.3 is 6.03 Å². The number of anilines is 1. The molecule has 4 aromatic carbocycles. The molecule has 0 unspecified atom stereocenters. The molecule has 6 nitrogen and oxygen atoms in total. The number of amides is 2. The van der Waals surface area contributed by atoms with E-state index in [1.165, 1.54) is 16.9 Å². The number of fused-ring (bicyclic) bond motifs is 9. The van der Waals surface area contributed by atoms with Gasteiger partial charge in [-0.05, 0) is 123 Å². The van der Waals surface area contributed by atoms with Gasteiger partial charge < -0.3 is 20.4 Å². The molecule has 53 heavy (non-hydrogen) atoms. The zero-order chi connectivity index (χ0) is 37.2. The highest BCUT2D eigenvalue weighted by atomic mass is 32.1. The molecule has 1 fully saturated rings. The van der Waals surface area contributed by atoms with Crippen molar-refractivity contribution >= 4 is 39.6 Å². The molecular weight excluding hydrogens is 677 g/mol. The molecule has 1 aromatic heterocycles. The van der Waals surface area contributed by atoms with E-state index in [0.29, 0.717) is 54.8 Å². The first-order valence-electron chi connectivity index (χ1n) is 18.9. The SMILES string of the molecule is CC1=CCC[C@@]2(C)[C@@H](CC[C@@]2(O)CN(Cc2cccc3ccccc23)C(=O)Nc2ccccc2)c2ccc(cc2C(=O)c2ccc(C)s2)C[C@@H](O)CC1. The van der Waals surface area contributed by atoms with Crippen LogP contribution in [0.2, 0.25) is 0 Å². The molecule has 0 spiro atoms. The molecule has 3 aliphatic rings. The van der Waals surface area contributed by atoms with Crippen molar-refractivity contribution in [2.75, 3.05) is 11.9 Å². The summed E-state index contributed by atoms with van der Waals surface area (Å²) in [6, 6.07) is 33.6. The van der Waals surface area contributed by atoms with Crippen LogP contribution in [0.25, 0.3) is 10.8 Å². The number of aliphatic hydroxyl groups excluding tert-OH is 1. The summed E-state index contributed by atoms with van der Waals surface area (Å²) in [5, 5.41) is 29.4. The maximum atomic E-state index is 14.4. The number of nitrogens with one attached hydrogen (secondary N) is 1. The number of carbonyl (C=O) groups is 2. The summed E-state index contributed by atoms with van der Waals surface area (Å²) in [5.74, 6) is -0.158. The number of urea groups is 1. The molecule has 7 heteroatoms. The van der Waals surface area contributed by atoms with Crippen molar-refractivity contribution in [3.05, 3.63) is 147 Å². The average Bonchev–Trinajstić information content (AvgIpc) is 3.70. The van der Waals surface area contributed by atoms with Crippen LogP contribution in [0.15, 0.2) is 115 Å². The molecule has 0 radical (unpaired) electrons. The van der Waals surface area contributed by atoms with Crippen molar-refractivity contribution < 1.29 is 19.8 Å².